The number of rotatable bonds is 0. The van der Waals surface area contributed by atoms with Crippen molar-refractivity contribution in [3.63, 3.8) is 0 Å². The maximum absolute atomic E-state index is 11.2. The highest BCUT2D eigenvalue weighted by molar-refractivity contribution is 5.78. The van der Waals surface area contributed by atoms with Gasteiger partial charge in [-0.05, 0) is 18.2 Å². The van der Waals surface area contributed by atoms with Crippen molar-refractivity contribution in [2.45, 2.75) is 0 Å². The summed E-state index contributed by atoms with van der Waals surface area (Å²) in [5.74, 6) is 2.46. The Morgan fingerprint density at radius 3 is 3.15 bits per heavy atom. The van der Waals surface area contributed by atoms with E-state index in [0.29, 0.717) is 16.5 Å². The number of nitrogens with one attached hydrogen (secondary N) is 1. The molecule has 0 unspecified atom stereocenters. The van der Waals surface area contributed by atoms with Crippen LogP contribution in [0.3, 0.4) is 0 Å². The lowest BCUT2D eigenvalue weighted by atomic mass is 10.1. The van der Waals surface area contributed by atoms with Crippen LogP contribution in [-0.2, 0) is 0 Å². The van der Waals surface area contributed by atoms with Crippen molar-refractivity contribution in [3.05, 3.63) is 40.4 Å². The van der Waals surface area contributed by atoms with E-state index < -0.39 is 0 Å². The Kier molecular flexibility index (Phi) is 1.60. The number of H-pyrrole nitrogens is 1. The SMILES string of the molecule is C#Cc1ccc2[nH][c]nc(=O)c2c1. The van der Waals surface area contributed by atoms with Crippen LogP contribution in [0.25, 0.3) is 10.9 Å². The summed E-state index contributed by atoms with van der Waals surface area (Å²) in [7, 11) is 0. The van der Waals surface area contributed by atoms with E-state index in [2.05, 4.69) is 22.2 Å². The van der Waals surface area contributed by atoms with Crippen LogP contribution in [0, 0.1) is 18.7 Å². The van der Waals surface area contributed by atoms with Gasteiger partial charge in [0.1, 0.15) is 0 Å². The molecule has 1 radical (unpaired) electrons. The molecule has 3 heteroatoms. The molecule has 0 bridgehead atoms. The van der Waals surface area contributed by atoms with Crippen molar-refractivity contribution in [2.75, 3.05) is 0 Å². The van der Waals surface area contributed by atoms with Gasteiger partial charge in [0.15, 0.2) is 6.33 Å². The standard InChI is InChI=1S/C10H5N2O/c1-2-7-3-4-9-8(5-7)10(13)12-6-11-9/h1,3-5H,(H,11,12,13). The van der Waals surface area contributed by atoms with Gasteiger partial charge in [-0.2, -0.15) is 4.98 Å². The van der Waals surface area contributed by atoms with Crippen LogP contribution < -0.4 is 5.56 Å². The van der Waals surface area contributed by atoms with Gasteiger partial charge in [-0.3, -0.25) is 4.79 Å². The fourth-order valence-corrected chi connectivity index (χ4v) is 1.12. The molecule has 2 aromatic rings. The number of aromatic nitrogens is 2. The van der Waals surface area contributed by atoms with Crippen LogP contribution in [0.2, 0.25) is 0 Å². The van der Waals surface area contributed by atoms with E-state index >= 15 is 0 Å². The summed E-state index contributed by atoms with van der Waals surface area (Å²) < 4.78 is 0. The van der Waals surface area contributed by atoms with Crippen LogP contribution >= 0.6 is 0 Å². The molecule has 1 N–H and O–H groups in total. The molecule has 1 aromatic carbocycles. The average Bonchev–Trinajstić information content (AvgIpc) is 2.18. The van der Waals surface area contributed by atoms with Gasteiger partial charge < -0.3 is 4.98 Å². The van der Waals surface area contributed by atoms with E-state index in [1.807, 2.05) is 0 Å². The molecule has 2 rings (SSSR count). The molecule has 1 aromatic heterocycles. The van der Waals surface area contributed by atoms with Gasteiger partial charge in [0, 0.05) is 5.56 Å². The van der Waals surface area contributed by atoms with Gasteiger partial charge in [-0.25, -0.2) is 0 Å². The Hall–Kier alpha value is -2.08. The molecule has 0 fully saturated rings. The van der Waals surface area contributed by atoms with Crippen LogP contribution in [0.15, 0.2) is 23.0 Å². The lowest BCUT2D eigenvalue weighted by Crippen LogP contribution is -2.06. The first kappa shape index (κ1) is 7.56. The highest BCUT2D eigenvalue weighted by Crippen LogP contribution is 2.07. The number of hydrogen-bond acceptors (Lipinski definition) is 2. The molecule has 13 heavy (non-hydrogen) atoms. The Labute approximate surface area is 74.4 Å². The fourth-order valence-electron chi connectivity index (χ4n) is 1.12. The number of hydrogen-bond donors (Lipinski definition) is 1. The molecular formula is C10H5N2O. The molecule has 0 aliphatic heterocycles. The van der Waals surface area contributed by atoms with Crippen molar-refractivity contribution in [2.24, 2.45) is 0 Å². The molecule has 0 saturated heterocycles. The second kappa shape index (κ2) is 2.76. The topological polar surface area (TPSA) is 45.8 Å². The normalized spacial score (nSPS) is 9.77. The molecule has 0 spiro atoms. The number of aromatic amines is 1. The Balaban J connectivity index is 2.92. The van der Waals surface area contributed by atoms with Crippen molar-refractivity contribution in [1.82, 2.24) is 9.97 Å². The van der Waals surface area contributed by atoms with E-state index in [-0.39, 0.29) is 5.56 Å². The predicted octanol–water partition coefficient (Wildman–Crippen LogP) is 0.705. The quantitative estimate of drug-likeness (QED) is 0.590. The van der Waals surface area contributed by atoms with Crippen LogP contribution in [0.5, 0.6) is 0 Å². The number of fused-ring (bicyclic) bond motifs is 1. The van der Waals surface area contributed by atoms with Crippen LogP contribution in [0.1, 0.15) is 5.56 Å². The maximum Gasteiger partial charge on any atom is 0.281 e. The summed E-state index contributed by atoms with van der Waals surface area (Å²) in [6.45, 7) is 0. The van der Waals surface area contributed by atoms with Crippen molar-refractivity contribution in [1.29, 1.82) is 0 Å². The Morgan fingerprint density at radius 1 is 1.54 bits per heavy atom. The van der Waals surface area contributed by atoms with Gasteiger partial charge in [0.25, 0.3) is 5.56 Å². The maximum atomic E-state index is 11.2. The second-order valence-corrected chi connectivity index (χ2v) is 2.56. The third kappa shape index (κ3) is 1.18. The van der Waals surface area contributed by atoms with Crippen molar-refractivity contribution >= 4 is 10.9 Å². The molecule has 61 valence electrons. The zero-order valence-electron chi connectivity index (χ0n) is 6.66. The third-order valence-corrected chi connectivity index (χ3v) is 1.76. The second-order valence-electron chi connectivity index (χ2n) is 2.56. The van der Waals surface area contributed by atoms with Gasteiger partial charge in [0.05, 0.1) is 10.9 Å². The minimum atomic E-state index is -0.314. The number of benzene rings is 1. The van der Waals surface area contributed by atoms with Gasteiger partial charge in [-0.15, -0.1) is 6.42 Å². The van der Waals surface area contributed by atoms with Gasteiger partial charge in [-0.1, -0.05) is 5.92 Å². The minimum Gasteiger partial charge on any atom is -0.336 e. The minimum absolute atomic E-state index is 0.314. The summed E-state index contributed by atoms with van der Waals surface area (Å²) in [6.07, 6.45) is 7.60. The molecule has 0 amide bonds. The molecule has 0 aliphatic carbocycles. The molecule has 1 heterocycles. The van der Waals surface area contributed by atoms with Gasteiger partial charge >= 0.3 is 0 Å². The molecule has 0 atom stereocenters. The van der Waals surface area contributed by atoms with Gasteiger partial charge in [0.2, 0.25) is 0 Å². The van der Waals surface area contributed by atoms with E-state index in [1.165, 1.54) is 0 Å². The van der Waals surface area contributed by atoms with Crippen molar-refractivity contribution < 1.29 is 0 Å². The summed E-state index contributed by atoms with van der Waals surface area (Å²) in [5, 5.41) is 0.495. The summed E-state index contributed by atoms with van der Waals surface area (Å²) >= 11 is 0. The van der Waals surface area contributed by atoms with Crippen molar-refractivity contribution in [3.8, 4) is 12.3 Å². The first-order valence-corrected chi connectivity index (χ1v) is 3.68. The van der Waals surface area contributed by atoms with E-state index in [1.54, 1.807) is 18.2 Å². The van der Waals surface area contributed by atoms with E-state index in [0.717, 1.165) is 0 Å². The monoisotopic (exact) mass is 169 g/mol. The fraction of sp³-hybridized carbons (Fsp3) is 0. The van der Waals surface area contributed by atoms with E-state index in [9.17, 15) is 4.79 Å². The summed E-state index contributed by atoms with van der Waals surface area (Å²) in [4.78, 5) is 17.4. The lowest BCUT2D eigenvalue weighted by molar-refractivity contribution is 1.15. The first-order chi connectivity index (χ1) is 6.31. The number of nitrogens with zero attached hydrogens (tertiary/aromatic N) is 1. The molecular weight excluding hydrogens is 164 g/mol. The lowest BCUT2D eigenvalue weighted by Gasteiger charge is -1.95. The predicted molar refractivity (Wildman–Crippen MR) is 49.1 cm³/mol. The van der Waals surface area contributed by atoms with Crippen LogP contribution in [0.4, 0.5) is 0 Å². The summed E-state index contributed by atoms with van der Waals surface area (Å²) in [5.41, 5.74) is 1.05. The number of terminal acetylenes is 1. The average molecular weight is 169 g/mol. The molecule has 3 nitrogen and oxygen atoms in total. The highest BCUT2D eigenvalue weighted by Gasteiger charge is 1.98. The zero-order chi connectivity index (χ0) is 9.26. The largest absolute Gasteiger partial charge is 0.336 e. The zero-order valence-corrected chi connectivity index (χ0v) is 6.66. The smallest absolute Gasteiger partial charge is 0.281 e. The highest BCUT2D eigenvalue weighted by atomic mass is 16.1. The Morgan fingerprint density at radius 2 is 2.38 bits per heavy atom. The molecule has 0 saturated carbocycles. The third-order valence-electron chi connectivity index (χ3n) is 1.76. The summed E-state index contributed by atoms with van der Waals surface area (Å²) in [6, 6.07) is 5.13. The van der Waals surface area contributed by atoms with Crippen LogP contribution in [-0.4, -0.2) is 9.97 Å². The molecule has 0 aliphatic rings. The first-order valence-electron chi connectivity index (χ1n) is 3.68. The van der Waals surface area contributed by atoms with E-state index in [4.69, 9.17) is 6.42 Å². The Bertz CT molecular complexity index is 549.